The summed E-state index contributed by atoms with van der Waals surface area (Å²) in [6.45, 7) is 10.8. The Morgan fingerprint density at radius 1 is 1.33 bits per heavy atom. The summed E-state index contributed by atoms with van der Waals surface area (Å²) in [6.07, 6.45) is 5.36. The van der Waals surface area contributed by atoms with E-state index in [9.17, 15) is 0 Å². The van der Waals surface area contributed by atoms with Crippen LogP contribution in [-0.2, 0) is 13.1 Å². The van der Waals surface area contributed by atoms with Gasteiger partial charge in [0.05, 0.1) is 0 Å². The standard InChI is InChI=1S/C17H27N3S/c1-5-21-11-7-10-20-13-14(12-19-17(2,3)4)15-8-6-9-18-16(15)20/h6,8-9,13,19H,5,7,10-12H2,1-4H3. The zero-order chi connectivity index (χ0) is 15.3. The van der Waals surface area contributed by atoms with Gasteiger partial charge in [0.1, 0.15) is 5.65 Å². The van der Waals surface area contributed by atoms with Gasteiger partial charge >= 0.3 is 0 Å². The van der Waals surface area contributed by atoms with E-state index in [-0.39, 0.29) is 5.54 Å². The lowest BCUT2D eigenvalue weighted by Crippen LogP contribution is -2.34. The van der Waals surface area contributed by atoms with Crippen LogP contribution in [0.25, 0.3) is 11.0 Å². The fourth-order valence-corrected chi connectivity index (χ4v) is 2.97. The number of thioether (sulfide) groups is 1. The van der Waals surface area contributed by atoms with Gasteiger partial charge in [-0.1, -0.05) is 6.92 Å². The maximum Gasteiger partial charge on any atom is 0.140 e. The van der Waals surface area contributed by atoms with Crippen molar-refractivity contribution in [1.82, 2.24) is 14.9 Å². The highest BCUT2D eigenvalue weighted by Crippen LogP contribution is 2.20. The third kappa shape index (κ3) is 4.75. The number of rotatable bonds is 7. The highest BCUT2D eigenvalue weighted by Gasteiger charge is 2.13. The summed E-state index contributed by atoms with van der Waals surface area (Å²) in [4.78, 5) is 4.57. The molecular formula is C17H27N3S. The average Bonchev–Trinajstić information content (AvgIpc) is 2.79. The molecule has 0 fully saturated rings. The molecule has 0 aliphatic rings. The molecule has 0 spiro atoms. The fourth-order valence-electron chi connectivity index (χ4n) is 2.35. The molecule has 2 rings (SSSR count). The van der Waals surface area contributed by atoms with Crippen LogP contribution < -0.4 is 5.32 Å². The minimum Gasteiger partial charge on any atom is -0.332 e. The Morgan fingerprint density at radius 3 is 2.86 bits per heavy atom. The number of nitrogens with one attached hydrogen (secondary N) is 1. The monoisotopic (exact) mass is 305 g/mol. The number of hydrogen-bond donors (Lipinski definition) is 1. The maximum atomic E-state index is 4.57. The number of hydrogen-bond acceptors (Lipinski definition) is 3. The second-order valence-corrected chi connectivity index (χ2v) is 7.77. The predicted octanol–water partition coefficient (Wildman–Crippen LogP) is 4.07. The van der Waals surface area contributed by atoms with E-state index in [1.807, 2.05) is 24.0 Å². The van der Waals surface area contributed by atoms with Crippen molar-refractivity contribution in [3.8, 4) is 0 Å². The van der Waals surface area contributed by atoms with E-state index >= 15 is 0 Å². The first-order valence-electron chi connectivity index (χ1n) is 7.77. The molecular weight excluding hydrogens is 278 g/mol. The van der Waals surface area contributed by atoms with Crippen LogP contribution in [0.4, 0.5) is 0 Å². The molecule has 21 heavy (non-hydrogen) atoms. The maximum absolute atomic E-state index is 4.57. The summed E-state index contributed by atoms with van der Waals surface area (Å²) >= 11 is 2.01. The van der Waals surface area contributed by atoms with Crippen LogP contribution in [0.3, 0.4) is 0 Å². The molecule has 0 amide bonds. The lowest BCUT2D eigenvalue weighted by atomic mass is 10.1. The topological polar surface area (TPSA) is 29.9 Å². The van der Waals surface area contributed by atoms with Gasteiger partial charge in [-0.15, -0.1) is 0 Å². The molecule has 0 aliphatic heterocycles. The molecule has 1 N–H and O–H groups in total. The smallest absolute Gasteiger partial charge is 0.140 e. The van der Waals surface area contributed by atoms with E-state index in [1.54, 1.807) is 0 Å². The molecule has 2 heterocycles. The zero-order valence-electron chi connectivity index (χ0n) is 13.6. The number of pyridine rings is 1. The summed E-state index contributed by atoms with van der Waals surface area (Å²) in [5, 5.41) is 4.85. The van der Waals surface area contributed by atoms with E-state index in [4.69, 9.17) is 0 Å². The van der Waals surface area contributed by atoms with Crippen LogP contribution in [0, 0.1) is 0 Å². The SMILES string of the molecule is CCSCCCn1cc(CNC(C)(C)C)c2cccnc21. The van der Waals surface area contributed by atoms with Crippen LogP contribution in [0.15, 0.2) is 24.5 Å². The van der Waals surface area contributed by atoms with Gasteiger partial charge in [-0.3, -0.25) is 0 Å². The van der Waals surface area contributed by atoms with Crippen molar-refractivity contribution in [2.45, 2.75) is 52.7 Å². The lowest BCUT2D eigenvalue weighted by Gasteiger charge is -2.20. The number of fused-ring (bicyclic) bond motifs is 1. The van der Waals surface area contributed by atoms with E-state index in [0.29, 0.717) is 0 Å². The minimum absolute atomic E-state index is 0.133. The summed E-state index contributed by atoms with van der Waals surface area (Å²) in [6, 6.07) is 4.21. The number of nitrogens with zero attached hydrogens (tertiary/aromatic N) is 2. The van der Waals surface area contributed by atoms with Crippen LogP contribution in [0.2, 0.25) is 0 Å². The third-order valence-electron chi connectivity index (χ3n) is 3.42. The molecule has 2 aromatic heterocycles. The number of aryl methyl sites for hydroxylation is 1. The number of aromatic nitrogens is 2. The Hall–Kier alpha value is -1.00. The molecule has 4 heteroatoms. The van der Waals surface area contributed by atoms with Gasteiger partial charge in [0, 0.05) is 36.4 Å². The first-order chi connectivity index (χ1) is 10.0. The zero-order valence-corrected chi connectivity index (χ0v) is 14.5. The Kier molecular flexibility index (Phi) is 5.71. The van der Waals surface area contributed by atoms with Crippen molar-refractivity contribution in [3.05, 3.63) is 30.1 Å². The van der Waals surface area contributed by atoms with Crippen molar-refractivity contribution in [1.29, 1.82) is 0 Å². The van der Waals surface area contributed by atoms with E-state index in [2.05, 4.69) is 54.8 Å². The van der Waals surface area contributed by atoms with Gasteiger partial charge in [0.25, 0.3) is 0 Å². The van der Waals surface area contributed by atoms with Crippen LogP contribution >= 0.6 is 11.8 Å². The molecule has 2 aromatic rings. The van der Waals surface area contributed by atoms with Gasteiger partial charge in [-0.05, 0) is 56.4 Å². The van der Waals surface area contributed by atoms with Gasteiger partial charge in [0.15, 0.2) is 0 Å². The second-order valence-electron chi connectivity index (χ2n) is 6.38. The summed E-state index contributed by atoms with van der Waals surface area (Å²) in [7, 11) is 0. The minimum atomic E-state index is 0.133. The van der Waals surface area contributed by atoms with Crippen molar-refractivity contribution in [2.24, 2.45) is 0 Å². The molecule has 0 aromatic carbocycles. The van der Waals surface area contributed by atoms with Crippen molar-refractivity contribution < 1.29 is 0 Å². The first kappa shape index (κ1) is 16.4. The van der Waals surface area contributed by atoms with Crippen LogP contribution in [0.5, 0.6) is 0 Å². The Morgan fingerprint density at radius 2 is 2.14 bits per heavy atom. The molecule has 0 unspecified atom stereocenters. The molecule has 0 atom stereocenters. The molecule has 116 valence electrons. The van der Waals surface area contributed by atoms with Gasteiger partial charge < -0.3 is 9.88 Å². The molecule has 0 saturated carbocycles. The Labute approximate surface area is 132 Å². The molecule has 3 nitrogen and oxygen atoms in total. The highest BCUT2D eigenvalue weighted by molar-refractivity contribution is 7.99. The van der Waals surface area contributed by atoms with Crippen molar-refractivity contribution in [2.75, 3.05) is 11.5 Å². The predicted molar refractivity (Wildman–Crippen MR) is 93.9 cm³/mol. The lowest BCUT2D eigenvalue weighted by molar-refractivity contribution is 0.425. The summed E-state index contributed by atoms with van der Waals surface area (Å²) in [5.41, 5.74) is 2.59. The average molecular weight is 305 g/mol. The molecule has 0 aliphatic carbocycles. The normalized spacial score (nSPS) is 12.2. The van der Waals surface area contributed by atoms with E-state index in [0.717, 1.165) is 18.7 Å². The Bertz CT molecular complexity index is 569. The van der Waals surface area contributed by atoms with Gasteiger partial charge in [-0.25, -0.2) is 4.98 Å². The summed E-state index contributed by atoms with van der Waals surface area (Å²) < 4.78 is 2.31. The van der Waals surface area contributed by atoms with Crippen LogP contribution in [0.1, 0.15) is 39.7 Å². The fraction of sp³-hybridized carbons (Fsp3) is 0.588. The highest BCUT2D eigenvalue weighted by atomic mass is 32.2. The van der Waals surface area contributed by atoms with Gasteiger partial charge in [-0.2, -0.15) is 11.8 Å². The summed E-state index contributed by atoms with van der Waals surface area (Å²) in [5.74, 6) is 2.42. The molecule has 0 saturated heterocycles. The van der Waals surface area contributed by atoms with Gasteiger partial charge in [0.2, 0.25) is 0 Å². The van der Waals surface area contributed by atoms with E-state index in [1.165, 1.54) is 28.9 Å². The third-order valence-corrected chi connectivity index (χ3v) is 4.40. The largest absolute Gasteiger partial charge is 0.332 e. The Balaban J connectivity index is 2.14. The first-order valence-corrected chi connectivity index (χ1v) is 8.92. The van der Waals surface area contributed by atoms with Crippen LogP contribution in [-0.4, -0.2) is 26.6 Å². The van der Waals surface area contributed by atoms with Crippen molar-refractivity contribution in [3.63, 3.8) is 0 Å². The van der Waals surface area contributed by atoms with Crippen molar-refractivity contribution >= 4 is 22.8 Å². The quantitative estimate of drug-likeness (QED) is 0.782. The molecule has 0 bridgehead atoms. The second kappa shape index (κ2) is 7.32. The molecule has 0 radical (unpaired) electrons. The van der Waals surface area contributed by atoms with E-state index < -0.39 is 0 Å².